The van der Waals surface area contributed by atoms with Gasteiger partial charge in [0.15, 0.2) is 11.9 Å². The molecule has 0 bridgehead atoms. The van der Waals surface area contributed by atoms with Crippen LogP contribution in [-0.2, 0) is 31.2 Å². The zero-order valence-corrected chi connectivity index (χ0v) is 23.7. The molecule has 0 saturated carbocycles. The molecule has 3 atom stereocenters. The number of allylic oxidation sites excluding steroid dienone is 3. The summed E-state index contributed by atoms with van der Waals surface area (Å²) in [5.74, 6) is -2.69. The van der Waals surface area contributed by atoms with Gasteiger partial charge in [0.2, 0.25) is 0 Å². The van der Waals surface area contributed by atoms with Gasteiger partial charge in [-0.1, -0.05) is 35.9 Å². The average Bonchev–Trinajstić information content (AvgIpc) is 3.38. The molecule has 0 fully saturated rings. The van der Waals surface area contributed by atoms with Crippen LogP contribution < -0.4 is 4.74 Å². The van der Waals surface area contributed by atoms with Crippen LogP contribution in [-0.4, -0.2) is 34.5 Å². The first-order valence-electron chi connectivity index (χ1n) is 13.1. The molecule has 0 aliphatic carbocycles. The van der Waals surface area contributed by atoms with E-state index in [9.17, 15) is 20.1 Å². The predicted molar refractivity (Wildman–Crippen MR) is 151 cm³/mol. The maximum absolute atomic E-state index is 12.6. The van der Waals surface area contributed by atoms with Crippen LogP contribution >= 0.6 is 0 Å². The standard InChI is InChI=1S/C32H36O8/c1-17(2)8-9-22(18(3)4)15-24-25(34)16-26(37-7)27(28(24)35)32(13-12-21-10-11-23(33)14-19(21)5)39-29-20(6)38-31(36)30(29)40-32/h8,10-14,16,20,22,33-35H,3,9,15H2,1-2,4-7H3/b13-12+. The van der Waals surface area contributed by atoms with Crippen LogP contribution in [0.2, 0.25) is 0 Å². The molecule has 212 valence electrons. The summed E-state index contributed by atoms with van der Waals surface area (Å²) in [5, 5.41) is 32.6. The lowest BCUT2D eigenvalue weighted by Gasteiger charge is -2.31. The molecule has 2 aromatic rings. The fraction of sp³-hybridized carbons (Fsp3) is 0.344. The fourth-order valence-corrected chi connectivity index (χ4v) is 4.86. The molecule has 8 heteroatoms. The number of phenols is 3. The maximum atomic E-state index is 12.6. The highest BCUT2D eigenvalue weighted by molar-refractivity contribution is 5.90. The Hall–Kier alpha value is -4.33. The largest absolute Gasteiger partial charge is 0.508 e. The van der Waals surface area contributed by atoms with E-state index in [1.54, 1.807) is 37.3 Å². The Balaban J connectivity index is 1.88. The number of carbonyl (C=O) groups excluding carboxylic acids is 1. The summed E-state index contributed by atoms with van der Waals surface area (Å²) in [6.45, 7) is 13.5. The molecule has 8 nitrogen and oxygen atoms in total. The van der Waals surface area contributed by atoms with Crippen molar-refractivity contribution in [3.05, 3.63) is 87.9 Å². The van der Waals surface area contributed by atoms with Crippen LogP contribution in [0.15, 0.2) is 65.7 Å². The maximum Gasteiger partial charge on any atom is 0.378 e. The van der Waals surface area contributed by atoms with Crippen molar-refractivity contribution in [2.45, 2.75) is 59.4 Å². The Bertz CT molecular complexity index is 1440. The second-order valence-electron chi connectivity index (χ2n) is 10.6. The molecule has 0 saturated heterocycles. The number of rotatable bonds is 9. The van der Waals surface area contributed by atoms with Crippen LogP contribution in [0.5, 0.6) is 23.0 Å². The minimum absolute atomic E-state index is 0.0670. The summed E-state index contributed by atoms with van der Waals surface area (Å²) in [6.07, 6.45) is 5.64. The number of aryl methyl sites for hydroxylation is 1. The number of cyclic esters (lactones) is 1. The number of aromatic hydroxyl groups is 3. The van der Waals surface area contributed by atoms with Crippen molar-refractivity contribution >= 4 is 12.0 Å². The number of ether oxygens (including phenoxy) is 4. The van der Waals surface area contributed by atoms with Crippen LogP contribution in [0.1, 0.15) is 56.4 Å². The SMILES string of the molecule is C=C(C)C(CC=C(C)C)Cc1c(O)cc(OC)c(C2(/C=C/c3ccc(O)cc3C)OC3=C(O2)C(C)OC3=O)c1O. The number of hydrogen-bond acceptors (Lipinski definition) is 8. The number of hydrogen-bond donors (Lipinski definition) is 3. The molecular weight excluding hydrogens is 512 g/mol. The summed E-state index contributed by atoms with van der Waals surface area (Å²) in [7, 11) is 1.40. The van der Waals surface area contributed by atoms with Gasteiger partial charge >= 0.3 is 11.8 Å². The lowest BCUT2D eigenvalue weighted by Crippen LogP contribution is -2.30. The molecular formula is C32H36O8. The minimum Gasteiger partial charge on any atom is -0.508 e. The van der Waals surface area contributed by atoms with Crippen molar-refractivity contribution in [3.8, 4) is 23.0 Å². The quantitative estimate of drug-likeness (QED) is 0.248. The van der Waals surface area contributed by atoms with Gasteiger partial charge in [-0.25, -0.2) is 4.79 Å². The Morgan fingerprint density at radius 3 is 2.50 bits per heavy atom. The van der Waals surface area contributed by atoms with E-state index >= 15 is 0 Å². The molecule has 0 amide bonds. The van der Waals surface area contributed by atoms with E-state index in [1.165, 1.54) is 13.2 Å². The third-order valence-corrected chi connectivity index (χ3v) is 7.19. The van der Waals surface area contributed by atoms with E-state index in [1.807, 2.05) is 27.7 Å². The van der Waals surface area contributed by atoms with E-state index in [-0.39, 0.29) is 58.0 Å². The molecule has 0 aromatic heterocycles. The molecule has 2 aromatic carbocycles. The van der Waals surface area contributed by atoms with Gasteiger partial charge in [-0.05, 0) is 76.6 Å². The lowest BCUT2D eigenvalue weighted by atomic mass is 9.87. The van der Waals surface area contributed by atoms with Crippen LogP contribution in [0.3, 0.4) is 0 Å². The second-order valence-corrected chi connectivity index (χ2v) is 10.6. The number of methoxy groups -OCH3 is 1. The zero-order valence-electron chi connectivity index (χ0n) is 23.7. The van der Waals surface area contributed by atoms with Crippen LogP contribution in [0.25, 0.3) is 6.08 Å². The van der Waals surface area contributed by atoms with E-state index in [2.05, 4.69) is 12.7 Å². The summed E-state index contributed by atoms with van der Waals surface area (Å²) in [6, 6.07) is 6.29. The van der Waals surface area contributed by atoms with Gasteiger partial charge in [-0.15, -0.1) is 0 Å². The first-order valence-corrected chi connectivity index (χ1v) is 13.1. The van der Waals surface area contributed by atoms with Crippen molar-refractivity contribution in [3.63, 3.8) is 0 Å². The smallest absolute Gasteiger partial charge is 0.378 e. The summed E-state index contributed by atoms with van der Waals surface area (Å²) in [5.41, 5.74) is 3.94. The Kier molecular flexibility index (Phi) is 7.91. The normalized spacial score (nSPS) is 20.6. The molecule has 3 N–H and O–H groups in total. The van der Waals surface area contributed by atoms with E-state index in [4.69, 9.17) is 18.9 Å². The van der Waals surface area contributed by atoms with Crippen molar-refractivity contribution in [2.24, 2.45) is 5.92 Å². The molecule has 0 spiro atoms. The zero-order chi connectivity index (χ0) is 29.4. The van der Waals surface area contributed by atoms with Crippen molar-refractivity contribution in [1.29, 1.82) is 0 Å². The number of esters is 1. The fourth-order valence-electron chi connectivity index (χ4n) is 4.86. The summed E-state index contributed by atoms with van der Waals surface area (Å²) >= 11 is 0. The first-order chi connectivity index (χ1) is 18.9. The van der Waals surface area contributed by atoms with Gasteiger partial charge in [-0.3, -0.25) is 0 Å². The van der Waals surface area contributed by atoms with Crippen molar-refractivity contribution in [1.82, 2.24) is 0 Å². The van der Waals surface area contributed by atoms with Crippen LogP contribution in [0, 0.1) is 12.8 Å². The number of carbonyl (C=O) groups is 1. The predicted octanol–water partition coefficient (Wildman–Crippen LogP) is 6.28. The van der Waals surface area contributed by atoms with E-state index in [0.29, 0.717) is 6.42 Å². The highest BCUT2D eigenvalue weighted by Gasteiger charge is 2.54. The Labute approximate surface area is 234 Å². The molecule has 2 aliphatic rings. The average molecular weight is 549 g/mol. The van der Waals surface area contributed by atoms with Gasteiger partial charge in [0.25, 0.3) is 5.76 Å². The Morgan fingerprint density at radius 2 is 1.90 bits per heavy atom. The molecule has 2 aliphatic heterocycles. The third kappa shape index (κ3) is 5.39. The topological polar surface area (TPSA) is 115 Å². The monoisotopic (exact) mass is 548 g/mol. The lowest BCUT2D eigenvalue weighted by molar-refractivity contribution is -0.169. The number of phenolic OH excluding ortho intramolecular Hbond substituents is 3. The molecule has 2 heterocycles. The summed E-state index contributed by atoms with van der Waals surface area (Å²) < 4.78 is 23.3. The highest BCUT2D eigenvalue weighted by Crippen LogP contribution is 2.53. The molecule has 3 unspecified atom stereocenters. The minimum atomic E-state index is -1.82. The number of benzene rings is 2. The van der Waals surface area contributed by atoms with Gasteiger partial charge in [0.1, 0.15) is 28.6 Å². The Morgan fingerprint density at radius 1 is 1.18 bits per heavy atom. The first kappa shape index (κ1) is 28.7. The second kappa shape index (κ2) is 11.0. The van der Waals surface area contributed by atoms with E-state index < -0.39 is 17.9 Å². The van der Waals surface area contributed by atoms with Gasteiger partial charge in [-0.2, -0.15) is 0 Å². The third-order valence-electron chi connectivity index (χ3n) is 7.19. The molecule has 4 rings (SSSR count). The molecule has 40 heavy (non-hydrogen) atoms. The van der Waals surface area contributed by atoms with Crippen LogP contribution in [0.4, 0.5) is 0 Å². The van der Waals surface area contributed by atoms with Crippen molar-refractivity contribution < 1.29 is 39.1 Å². The van der Waals surface area contributed by atoms with Gasteiger partial charge in [0, 0.05) is 17.7 Å². The van der Waals surface area contributed by atoms with Gasteiger partial charge in [0.05, 0.1) is 7.11 Å². The van der Waals surface area contributed by atoms with Gasteiger partial charge < -0.3 is 34.3 Å². The van der Waals surface area contributed by atoms with Crippen molar-refractivity contribution in [2.75, 3.05) is 7.11 Å². The summed E-state index contributed by atoms with van der Waals surface area (Å²) in [4.78, 5) is 12.6. The molecule has 0 radical (unpaired) electrons. The highest BCUT2D eigenvalue weighted by atomic mass is 16.8. The van der Waals surface area contributed by atoms with E-state index in [0.717, 1.165) is 22.3 Å².